The summed E-state index contributed by atoms with van der Waals surface area (Å²) in [6, 6.07) is 14.5. The number of aliphatic carboxylic acids is 1. The fourth-order valence-electron chi connectivity index (χ4n) is 3.52. The van der Waals surface area contributed by atoms with Crippen molar-refractivity contribution in [3.8, 4) is 11.1 Å². The van der Waals surface area contributed by atoms with Gasteiger partial charge in [0.15, 0.2) is 5.82 Å². The SMILES string of the molecule is O=C(NC(Cc1noc(=O)[nH]1)C(=O)O)OCC1c2ccccc2-c2ccccc21. The molecule has 0 aliphatic heterocycles. The van der Waals surface area contributed by atoms with Crippen LogP contribution in [0.5, 0.6) is 0 Å². The normalized spacial score (nSPS) is 13.4. The second kappa shape index (κ2) is 7.63. The molecule has 1 atom stereocenters. The molecular weight excluding hydrogens is 378 g/mol. The molecule has 148 valence electrons. The van der Waals surface area contributed by atoms with Gasteiger partial charge in [-0.15, -0.1) is 0 Å². The first-order chi connectivity index (χ1) is 14.0. The highest BCUT2D eigenvalue weighted by atomic mass is 16.5. The second-order valence-electron chi connectivity index (χ2n) is 6.61. The summed E-state index contributed by atoms with van der Waals surface area (Å²) in [7, 11) is 0. The summed E-state index contributed by atoms with van der Waals surface area (Å²) in [5, 5.41) is 15.0. The molecule has 3 N–H and O–H groups in total. The van der Waals surface area contributed by atoms with E-state index in [-0.39, 0.29) is 24.8 Å². The Morgan fingerprint density at radius 2 is 1.76 bits per heavy atom. The van der Waals surface area contributed by atoms with E-state index in [2.05, 4.69) is 20.0 Å². The number of carbonyl (C=O) groups excluding carboxylic acids is 1. The number of carboxylic acid groups (broad SMARTS) is 1. The predicted molar refractivity (Wildman–Crippen MR) is 100 cm³/mol. The van der Waals surface area contributed by atoms with Gasteiger partial charge in [-0.25, -0.2) is 14.4 Å². The number of fused-ring (bicyclic) bond motifs is 3. The summed E-state index contributed by atoms with van der Waals surface area (Å²) < 4.78 is 9.67. The van der Waals surface area contributed by atoms with E-state index in [1.165, 1.54) is 0 Å². The topological polar surface area (TPSA) is 135 Å². The molecule has 9 heteroatoms. The molecule has 3 aromatic rings. The van der Waals surface area contributed by atoms with Crippen molar-refractivity contribution in [2.24, 2.45) is 0 Å². The van der Waals surface area contributed by atoms with Crippen molar-refractivity contribution in [2.75, 3.05) is 6.61 Å². The molecule has 29 heavy (non-hydrogen) atoms. The van der Waals surface area contributed by atoms with Crippen LogP contribution >= 0.6 is 0 Å². The van der Waals surface area contributed by atoms with Crippen LogP contribution < -0.4 is 11.1 Å². The zero-order valence-corrected chi connectivity index (χ0v) is 15.1. The minimum absolute atomic E-state index is 0.0151. The first-order valence-electron chi connectivity index (χ1n) is 8.92. The Labute approximate surface area is 164 Å². The number of ether oxygens (including phenoxy) is 1. The van der Waals surface area contributed by atoms with E-state index in [1.54, 1.807) is 0 Å². The lowest BCUT2D eigenvalue weighted by Gasteiger charge is -2.16. The highest BCUT2D eigenvalue weighted by molar-refractivity contribution is 5.81. The fourth-order valence-corrected chi connectivity index (χ4v) is 3.52. The van der Waals surface area contributed by atoms with Crippen LogP contribution in [-0.4, -0.2) is 40.0 Å². The summed E-state index contributed by atoms with van der Waals surface area (Å²) in [5.74, 6) is -2.21. The lowest BCUT2D eigenvalue weighted by Crippen LogP contribution is -2.43. The van der Waals surface area contributed by atoms with Gasteiger partial charge >= 0.3 is 17.8 Å². The largest absolute Gasteiger partial charge is 0.480 e. The molecular formula is C20H17N3O6. The van der Waals surface area contributed by atoms with Gasteiger partial charge in [-0.1, -0.05) is 53.7 Å². The average molecular weight is 395 g/mol. The van der Waals surface area contributed by atoms with Crippen molar-refractivity contribution in [1.29, 1.82) is 0 Å². The first kappa shape index (κ1) is 18.5. The monoisotopic (exact) mass is 395 g/mol. The van der Waals surface area contributed by atoms with E-state index in [1.807, 2.05) is 48.5 Å². The first-order valence-corrected chi connectivity index (χ1v) is 8.92. The van der Waals surface area contributed by atoms with Gasteiger partial charge in [-0.2, -0.15) is 0 Å². The number of carbonyl (C=O) groups is 2. The van der Waals surface area contributed by atoms with Crippen molar-refractivity contribution in [2.45, 2.75) is 18.4 Å². The summed E-state index contributed by atoms with van der Waals surface area (Å²) in [4.78, 5) is 36.8. The Balaban J connectivity index is 1.44. The predicted octanol–water partition coefficient (Wildman–Crippen LogP) is 1.90. The van der Waals surface area contributed by atoms with Gasteiger partial charge in [0.2, 0.25) is 0 Å². The molecule has 9 nitrogen and oxygen atoms in total. The molecule has 1 amide bonds. The zero-order chi connectivity index (χ0) is 20.4. The third kappa shape index (κ3) is 3.75. The van der Waals surface area contributed by atoms with E-state index in [4.69, 9.17) is 4.74 Å². The molecule has 2 aromatic carbocycles. The number of carboxylic acids is 1. The van der Waals surface area contributed by atoms with Crippen molar-refractivity contribution >= 4 is 12.1 Å². The Morgan fingerprint density at radius 1 is 1.14 bits per heavy atom. The van der Waals surface area contributed by atoms with Gasteiger partial charge in [0.1, 0.15) is 12.6 Å². The van der Waals surface area contributed by atoms with Gasteiger partial charge in [0.05, 0.1) is 0 Å². The van der Waals surface area contributed by atoms with Crippen molar-refractivity contribution in [3.63, 3.8) is 0 Å². The van der Waals surface area contributed by atoms with Crippen LogP contribution in [0.15, 0.2) is 57.8 Å². The van der Waals surface area contributed by atoms with E-state index in [0.717, 1.165) is 22.3 Å². The van der Waals surface area contributed by atoms with Gasteiger partial charge in [-0.05, 0) is 22.3 Å². The van der Waals surface area contributed by atoms with Crippen LogP contribution in [0.4, 0.5) is 4.79 Å². The summed E-state index contributed by atoms with van der Waals surface area (Å²) in [6.07, 6.45) is -1.12. The third-order valence-electron chi connectivity index (χ3n) is 4.82. The van der Waals surface area contributed by atoms with E-state index < -0.39 is 23.9 Å². The molecule has 0 saturated heterocycles. The summed E-state index contributed by atoms with van der Waals surface area (Å²) >= 11 is 0. The number of amides is 1. The lowest BCUT2D eigenvalue weighted by atomic mass is 9.98. The molecule has 4 rings (SSSR count). The standard InChI is InChI=1S/C20H17N3O6/c24-18(25)16(9-17-22-20(27)29-23-17)21-19(26)28-10-15-13-7-3-1-5-11(13)12-6-2-4-8-14(12)15/h1-8,15-16H,9-10H2,(H,21,26)(H,24,25)(H,22,23,27). The molecule has 1 heterocycles. The number of hydrogen-bond acceptors (Lipinski definition) is 6. The van der Waals surface area contributed by atoms with E-state index in [0.29, 0.717) is 0 Å². The van der Waals surface area contributed by atoms with Crippen LogP contribution in [0.25, 0.3) is 11.1 Å². The highest BCUT2D eigenvalue weighted by Crippen LogP contribution is 2.44. The number of nitrogens with zero attached hydrogens (tertiary/aromatic N) is 1. The molecule has 1 aliphatic carbocycles. The zero-order valence-electron chi connectivity index (χ0n) is 15.1. The molecule has 0 bridgehead atoms. The number of H-pyrrole nitrogens is 1. The maximum Gasteiger partial charge on any atom is 0.438 e. The van der Waals surface area contributed by atoms with Crippen molar-refractivity contribution < 1.29 is 24.0 Å². The number of benzene rings is 2. The molecule has 0 radical (unpaired) electrons. The Kier molecular flexibility index (Phi) is 4.86. The minimum Gasteiger partial charge on any atom is -0.480 e. The summed E-state index contributed by atoms with van der Waals surface area (Å²) in [6.45, 7) is 0.0625. The van der Waals surface area contributed by atoms with Crippen LogP contribution in [0.3, 0.4) is 0 Å². The van der Waals surface area contributed by atoms with E-state index >= 15 is 0 Å². The Morgan fingerprint density at radius 3 is 2.31 bits per heavy atom. The molecule has 1 aliphatic rings. The number of hydrogen-bond donors (Lipinski definition) is 3. The van der Waals surface area contributed by atoms with Gasteiger partial charge in [0.25, 0.3) is 0 Å². The van der Waals surface area contributed by atoms with Crippen LogP contribution in [0, 0.1) is 0 Å². The summed E-state index contributed by atoms with van der Waals surface area (Å²) in [5.41, 5.74) is 4.29. The van der Waals surface area contributed by atoms with Crippen LogP contribution in [-0.2, 0) is 16.0 Å². The lowest BCUT2D eigenvalue weighted by molar-refractivity contribution is -0.139. The highest BCUT2D eigenvalue weighted by Gasteiger charge is 2.30. The Hall–Kier alpha value is -3.88. The number of aromatic amines is 1. The fraction of sp³-hybridized carbons (Fsp3) is 0.200. The van der Waals surface area contributed by atoms with Crippen molar-refractivity contribution in [3.05, 3.63) is 76.0 Å². The molecule has 1 unspecified atom stereocenters. The van der Waals surface area contributed by atoms with Crippen LogP contribution in [0.1, 0.15) is 22.9 Å². The maximum absolute atomic E-state index is 12.2. The number of rotatable bonds is 6. The molecule has 1 aromatic heterocycles. The third-order valence-corrected chi connectivity index (χ3v) is 4.82. The van der Waals surface area contributed by atoms with Gasteiger partial charge in [0, 0.05) is 12.3 Å². The quantitative estimate of drug-likeness (QED) is 0.580. The molecule has 0 saturated carbocycles. The van der Waals surface area contributed by atoms with E-state index in [9.17, 15) is 19.5 Å². The second-order valence-corrected chi connectivity index (χ2v) is 6.61. The van der Waals surface area contributed by atoms with Gasteiger partial charge in [-0.3, -0.25) is 9.51 Å². The van der Waals surface area contributed by atoms with Gasteiger partial charge < -0.3 is 15.2 Å². The Bertz CT molecular complexity index is 1070. The van der Waals surface area contributed by atoms with Crippen molar-refractivity contribution in [1.82, 2.24) is 15.5 Å². The smallest absolute Gasteiger partial charge is 0.438 e. The molecule has 0 spiro atoms. The maximum atomic E-state index is 12.2. The number of nitrogens with one attached hydrogen (secondary N) is 2. The number of alkyl carbamates (subject to hydrolysis) is 1. The number of aromatic nitrogens is 2. The average Bonchev–Trinajstić information content (AvgIpc) is 3.27. The molecule has 0 fully saturated rings. The van der Waals surface area contributed by atoms with Crippen LogP contribution in [0.2, 0.25) is 0 Å². The minimum atomic E-state index is -1.33.